The summed E-state index contributed by atoms with van der Waals surface area (Å²) < 4.78 is 24.5. The molecule has 0 aliphatic carbocycles. The Hall–Kier alpha value is -3.00. The number of carbonyl (C=O) groups is 2. The first kappa shape index (κ1) is 21.7. The lowest BCUT2D eigenvalue weighted by molar-refractivity contribution is -0.139. The first-order chi connectivity index (χ1) is 14.4. The van der Waals surface area contributed by atoms with Gasteiger partial charge in [-0.2, -0.15) is 0 Å². The van der Waals surface area contributed by atoms with Crippen LogP contribution < -0.4 is 10.1 Å². The van der Waals surface area contributed by atoms with Crippen LogP contribution in [0.5, 0.6) is 5.75 Å². The van der Waals surface area contributed by atoms with Crippen molar-refractivity contribution >= 4 is 23.8 Å². The average Bonchev–Trinajstić information content (AvgIpc) is 2.75. The van der Waals surface area contributed by atoms with E-state index in [0.717, 1.165) is 4.90 Å². The van der Waals surface area contributed by atoms with Gasteiger partial charge >= 0.3 is 12.0 Å². The molecule has 0 fully saturated rings. The molecule has 2 amide bonds. The van der Waals surface area contributed by atoms with Gasteiger partial charge in [0.05, 0.1) is 23.9 Å². The molecule has 2 aromatic carbocycles. The molecular weight excluding hydrogens is 407 g/mol. The zero-order valence-corrected chi connectivity index (χ0v) is 17.8. The maximum Gasteiger partial charge on any atom is 0.338 e. The summed E-state index contributed by atoms with van der Waals surface area (Å²) in [6, 6.07) is 12.0. The number of benzene rings is 2. The highest BCUT2D eigenvalue weighted by molar-refractivity contribution is 7.98. The first-order valence-corrected chi connectivity index (χ1v) is 10.6. The summed E-state index contributed by atoms with van der Waals surface area (Å²) in [7, 11) is 1.56. The summed E-state index contributed by atoms with van der Waals surface area (Å²) in [5, 5.41) is 2.78. The number of amides is 2. The number of ether oxygens (including phenoxy) is 2. The molecule has 1 heterocycles. The molecule has 1 aliphatic rings. The quantitative estimate of drug-likeness (QED) is 0.528. The fourth-order valence-corrected chi connectivity index (χ4v) is 3.52. The SMILES string of the molecule is CCOC(=O)C1=C(COc2ccc(SC)cc2)N(C)C(=O)N[C@@H]1c1ccc(F)cc1. The first-order valence-electron chi connectivity index (χ1n) is 9.41. The van der Waals surface area contributed by atoms with Crippen molar-refractivity contribution in [3.63, 3.8) is 0 Å². The highest BCUT2D eigenvalue weighted by Gasteiger charge is 2.37. The number of likely N-dealkylation sites (N-methyl/N-ethyl adjacent to an activating group) is 1. The van der Waals surface area contributed by atoms with Gasteiger partial charge in [-0.3, -0.25) is 4.90 Å². The van der Waals surface area contributed by atoms with Crippen LogP contribution in [-0.4, -0.2) is 43.4 Å². The number of rotatable bonds is 7. The van der Waals surface area contributed by atoms with Crippen molar-refractivity contribution < 1.29 is 23.5 Å². The molecule has 1 N–H and O–H groups in total. The van der Waals surface area contributed by atoms with E-state index in [-0.39, 0.29) is 18.8 Å². The summed E-state index contributed by atoms with van der Waals surface area (Å²) in [5.41, 5.74) is 1.22. The summed E-state index contributed by atoms with van der Waals surface area (Å²) in [5.74, 6) is -0.354. The van der Waals surface area contributed by atoms with Gasteiger partial charge in [-0.05, 0) is 55.1 Å². The highest BCUT2D eigenvalue weighted by atomic mass is 32.2. The minimum absolute atomic E-state index is 0.00558. The van der Waals surface area contributed by atoms with Crippen molar-refractivity contribution in [1.82, 2.24) is 10.2 Å². The third-order valence-electron chi connectivity index (χ3n) is 4.71. The molecule has 1 aliphatic heterocycles. The number of thioether (sulfide) groups is 1. The van der Waals surface area contributed by atoms with Gasteiger partial charge < -0.3 is 14.8 Å². The van der Waals surface area contributed by atoms with E-state index in [1.807, 2.05) is 30.5 Å². The lowest BCUT2D eigenvalue weighted by atomic mass is 9.94. The van der Waals surface area contributed by atoms with Crippen molar-refractivity contribution in [1.29, 1.82) is 0 Å². The molecule has 8 heteroatoms. The van der Waals surface area contributed by atoms with Crippen LogP contribution in [0.25, 0.3) is 0 Å². The topological polar surface area (TPSA) is 67.9 Å². The van der Waals surface area contributed by atoms with Crippen LogP contribution in [0.2, 0.25) is 0 Å². The Labute approximate surface area is 179 Å². The Morgan fingerprint density at radius 1 is 1.17 bits per heavy atom. The third kappa shape index (κ3) is 4.76. The van der Waals surface area contributed by atoms with Crippen molar-refractivity contribution in [2.45, 2.75) is 17.9 Å². The number of nitrogens with zero attached hydrogens (tertiary/aromatic N) is 1. The molecule has 0 aromatic heterocycles. The molecule has 0 radical (unpaired) electrons. The summed E-state index contributed by atoms with van der Waals surface area (Å²) in [4.78, 5) is 27.8. The maximum atomic E-state index is 13.4. The normalized spacial score (nSPS) is 16.3. The predicted molar refractivity (Wildman–Crippen MR) is 113 cm³/mol. The fourth-order valence-electron chi connectivity index (χ4n) is 3.11. The smallest absolute Gasteiger partial charge is 0.338 e. The molecule has 0 spiro atoms. The van der Waals surface area contributed by atoms with Crippen LogP contribution in [0, 0.1) is 5.82 Å². The second-order valence-corrected chi connectivity index (χ2v) is 7.42. The van der Waals surface area contributed by atoms with Crippen molar-refractivity contribution in [3.8, 4) is 5.75 Å². The van der Waals surface area contributed by atoms with Gasteiger partial charge in [-0.15, -0.1) is 11.8 Å². The number of nitrogens with one attached hydrogen (secondary N) is 1. The molecular formula is C22H23FN2O4S. The fraction of sp³-hybridized carbons (Fsp3) is 0.273. The molecule has 158 valence electrons. The number of esters is 1. The van der Waals surface area contributed by atoms with E-state index in [1.54, 1.807) is 25.7 Å². The molecule has 1 atom stereocenters. The van der Waals surface area contributed by atoms with E-state index < -0.39 is 23.9 Å². The minimum Gasteiger partial charge on any atom is -0.487 e. The molecule has 3 rings (SSSR count). The monoisotopic (exact) mass is 430 g/mol. The van der Waals surface area contributed by atoms with Crippen molar-refractivity contribution in [3.05, 3.63) is 71.2 Å². The molecule has 0 saturated carbocycles. The summed E-state index contributed by atoms with van der Waals surface area (Å²) in [6.45, 7) is 1.88. The van der Waals surface area contributed by atoms with E-state index >= 15 is 0 Å². The second kappa shape index (κ2) is 9.67. The van der Waals surface area contributed by atoms with Gasteiger partial charge in [0.1, 0.15) is 18.2 Å². The van der Waals surface area contributed by atoms with E-state index in [4.69, 9.17) is 9.47 Å². The van der Waals surface area contributed by atoms with Crippen LogP contribution >= 0.6 is 11.8 Å². The van der Waals surface area contributed by atoms with E-state index in [9.17, 15) is 14.0 Å². The van der Waals surface area contributed by atoms with Gasteiger partial charge in [-0.25, -0.2) is 14.0 Å². The Bertz CT molecular complexity index is 945. The van der Waals surface area contributed by atoms with Gasteiger partial charge in [0, 0.05) is 11.9 Å². The Balaban J connectivity index is 1.98. The van der Waals surface area contributed by atoms with Crippen LogP contribution in [0.3, 0.4) is 0 Å². The third-order valence-corrected chi connectivity index (χ3v) is 5.45. The van der Waals surface area contributed by atoms with Crippen molar-refractivity contribution in [2.75, 3.05) is 26.5 Å². The zero-order valence-electron chi connectivity index (χ0n) is 17.0. The number of carbonyl (C=O) groups excluding carboxylic acids is 2. The Kier molecular flexibility index (Phi) is 6.99. The Morgan fingerprint density at radius 2 is 1.83 bits per heavy atom. The van der Waals surface area contributed by atoms with E-state index in [0.29, 0.717) is 17.0 Å². The van der Waals surface area contributed by atoms with Crippen LogP contribution in [0.4, 0.5) is 9.18 Å². The van der Waals surface area contributed by atoms with Gasteiger partial charge in [0.2, 0.25) is 0 Å². The number of urea groups is 1. The van der Waals surface area contributed by atoms with Crippen LogP contribution in [0.1, 0.15) is 18.5 Å². The Morgan fingerprint density at radius 3 is 2.43 bits per heavy atom. The largest absolute Gasteiger partial charge is 0.487 e. The second-order valence-electron chi connectivity index (χ2n) is 6.54. The lowest BCUT2D eigenvalue weighted by Gasteiger charge is -2.34. The summed E-state index contributed by atoms with van der Waals surface area (Å²) >= 11 is 1.62. The minimum atomic E-state index is -0.772. The molecule has 0 saturated heterocycles. The standard InChI is InChI=1S/C22H23FN2O4S/c1-4-28-21(26)19-18(13-29-16-9-11-17(30-3)12-10-16)25(2)22(27)24-20(19)14-5-7-15(23)8-6-14/h5-12,20H,4,13H2,1-3H3,(H,24,27)/t20-/m1/s1. The van der Waals surface area contributed by atoms with Crippen molar-refractivity contribution in [2.24, 2.45) is 0 Å². The molecule has 0 unspecified atom stereocenters. The van der Waals surface area contributed by atoms with Crippen LogP contribution in [0.15, 0.2) is 64.7 Å². The van der Waals surface area contributed by atoms with E-state index in [2.05, 4.69) is 5.32 Å². The predicted octanol–water partition coefficient (Wildman–Crippen LogP) is 4.14. The maximum absolute atomic E-state index is 13.4. The number of hydrogen-bond donors (Lipinski definition) is 1. The molecule has 0 bridgehead atoms. The highest BCUT2D eigenvalue weighted by Crippen LogP contribution is 2.31. The van der Waals surface area contributed by atoms with Gasteiger partial charge in [-0.1, -0.05) is 12.1 Å². The zero-order chi connectivity index (χ0) is 21.7. The molecule has 30 heavy (non-hydrogen) atoms. The van der Waals surface area contributed by atoms with Gasteiger partial charge in [0.15, 0.2) is 0 Å². The summed E-state index contributed by atoms with van der Waals surface area (Å²) in [6.07, 6.45) is 1.98. The van der Waals surface area contributed by atoms with Crippen LogP contribution in [-0.2, 0) is 9.53 Å². The van der Waals surface area contributed by atoms with Gasteiger partial charge in [0.25, 0.3) is 0 Å². The molecule has 2 aromatic rings. The molecule has 6 nitrogen and oxygen atoms in total. The number of hydrogen-bond acceptors (Lipinski definition) is 5. The average molecular weight is 431 g/mol. The number of halogens is 1. The lowest BCUT2D eigenvalue weighted by Crippen LogP contribution is -2.48. The van der Waals surface area contributed by atoms with E-state index in [1.165, 1.54) is 29.2 Å².